The molecule has 8 nitrogen and oxygen atoms in total. The topological polar surface area (TPSA) is 120 Å². The van der Waals surface area contributed by atoms with E-state index >= 15 is 0 Å². The zero-order valence-corrected chi connectivity index (χ0v) is 14.9. The van der Waals surface area contributed by atoms with Crippen LogP contribution in [0.2, 0.25) is 0 Å². The second kappa shape index (κ2) is 6.06. The number of piperidine rings is 1. The smallest absolute Gasteiger partial charge is 0.228 e. The highest BCUT2D eigenvalue weighted by Crippen LogP contribution is 2.32. The van der Waals surface area contributed by atoms with Crippen molar-refractivity contribution in [3.8, 4) is 6.07 Å². The molecule has 1 saturated heterocycles. The molecule has 3 aromatic rings. The van der Waals surface area contributed by atoms with E-state index in [0.29, 0.717) is 40.4 Å². The summed E-state index contributed by atoms with van der Waals surface area (Å²) < 4.78 is 0.543. The molecule has 4 heterocycles. The fourth-order valence-electron chi connectivity index (χ4n) is 3.16. The number of anilines is 1. The van der Waals surface area contributed by atoms with E-state index in [4.69, 9.17) is 5.73 Å². The first-order valence-electron chi connectivity index (χ1n) is 7.87. The highest BCUT2D eigenvalue weighted by atomic mass is 79.9. The first-order chi connectivity index (χ1) is 12.1. The molecular weight excluding hydrogens is 384 g/mol. The number of H-pyrrole nitrogens is 1. The van der Waals surface area contributed by atoms with Gasteiger partial charge < -0.3 is 10.6 Å². The van der Waals surface area contributed by atoms with Gasteiger partial charge in [0, 0.05) is 31.0 Å². The molecule has 4 rings (SSSR count). The molecule has 0 spiro atoms. The van der Waals surface area contributed by atoms with Gasteiger partial charge in [-0.05, 0) is 40.4 Å². The van der Waals surface area contributed by atoms with Crippen LogP contribution >= 0.6 is 15.9 Å². The van der Waals surface area contributed by atoms with Crippen molar-refractivity contribution in [1.29, 1.82) is 5.26 Å². The van der Waals surface area contributed by atoms with Gasteiger partial charge in [-0.25, -0.2) is 4.98 Å². The van der Waals surface area contributed by atoms with Crippen LogP contribution in [0.15, 0.2) is 29.1 Å². The number of nitrogens with zero attached hydrogens (tertiary/aromatic N) is 6. The number of fused-ring (bicyclic) bond motifs is 1. The average molecular weight is 399 g/mol. The second-order valence-corrected chi connectivity index (χ2v) is 6.86. The van der Waals surface area contributed by atoms with Crippen molar-refractivity contribution >= 4 is 32.9 Å². The van der Waals surface area contributed by atoms with Gasteiger partial charge in [-0.3, -0.25) is 10.1 Å². The van der Waals surface area contributed by atoms with Crippen molar-refractivity contribution in [3.05, 3.63) is 40.4 Å². The standard InChI is InChI=1S/C16H15BrN8/c17-13-12-11(8-18)21-15(22-14(12)24-23-13)25-6-3-16(19,4-7-25)10-2-1-5-20-9-10/h1-2,5,9H,3-4,6-7,19H2,(H,21,22,23,24). The van der Waals surface area contributed by atoms with E-state index in [0.717, 1.165) is 18.4 Å². The van der Waals surface area contributed by atoms with Gasteiger partial charge in [-0.15, -0.1) is 0 Å². The van der Waals surface area contributed by atoms with Crippen LogP contribution in [-0.2, 0) is 5.54 Å². The lowest BCUT2D eigenvalue weighted by molar-refractivity contribution is 0.340. The molecule has 3 N–H and O–H groups in total. The van der Waals surface area contributed by atoms with E-state index in [2.05, 4.69) is 52.0 Å². The molecule has 0 radical (unpaired) electrons. The Balaban J connectivity index is 1.61. The summed E-state index contributed by atoms with van der Waals surface area (Å²) in [6.07, 6.45) is 5.09. The summed E-state index contributed by atoms with van der Waals surface area (Å²) in [7, 11) is 0. The van der Waals surface area contributed by atoms with Crippen LogP contribution in [0.25, 0.3) is 11.0 Å². The minimum absolute atomic E-state index is 0.303. The van der Waals surface area contributed by atoms with Gasteiger partial charge >= 0.3 is 0 Å². The van der Waals surface area contributed by atoms with Gasteiger partial charge in [-0.1, -0.05) is 6.07 Å². The number of rotatable bonds is 2. The molecule has 0 aromatic carbocycles. The highest BCUT2D eigenvalue weighted by molar-refractivity contribution is 9.10. The number of pyridine rings is 1. The maximum absolute atomic E-state index is 9.38. The van der Waals surface area contributed by atoms with Crippen molar-refractivity contribution in [2.24, 2.45) is 5.73 Å². The molecule has 3 aromatic heterocycles. The van der Waals surface area contributed by atoms with E-state index in [1.54, 1.807) is 6.20 Å². The third-order valence-corrected chi connectivity index (χ3v) is 5.22. The molecule has 25 heavy (non-hydrogen) atoms. The Bertz CT molecular complexity index is 953. The average Bonchev–Trinajstić information content (AvgIpc) is 3.03. The number of aromatic amines is 1. The van der Waals surface area contributed by atoms with Crippen LogP contribution in [0, 0.1) is 11.3 Å². The Kier molecular flexibility index (Phi) is 3.86. The van der Waals surface area contributed by atoms with E-state index in [1.807, 2.05) is 18.3 Å². The molecule has 0 saturated carbocycles. The molecule has 1 fully saturated rings. The van der Waals surface area contributed by atoms with Gasteiger partial charge in [0.2, 0.25) is 5.95 Å². The maximum Gasteiger partial charge on any atom is 0.228 e. The molecule has 9 heteroatoms. The minimum atomic E-state index is -0.399. The van der Waals surface area contributed by atoms with Crippen LogP contribution in [0.5, 0.6) is 0 Å². The van der Waals surface area contributed by atoms with Crippen molar-refractivity contribution in [3.63, 3.8) is 0 Å². The quantitative estimate of drug-likeness (QED) is 0.675. The Morgan fingerprint density at radius 2 is 2.12 bits per heavy atom. The molecule has 0 bridgehead atoms. The highest BCUT2D eigenvalue weighted by Gasteiger charge is 2.33. The van der Waals surface area contributed by atoms with Gasteiger partial charge in [0.25, 0.3) is 0 Å². The summed E-state index contributed by atoms with van der Waals surface area (Å²) in [5, 5.41) is 16.9. The number of nitrogens with one attached hydrogen (secondary N) is 1. The summed E-state index contributed by atoms with van der Waals surface area (Å²) in [4.78, 5) is 15.1. The van der Waals surface area contributed by atoms with Crippen LogP contribution in [0.1, 0.15) is 24.1 Å². The molecule has 0 amide bonds. The normalized spacial score (nSPS) is 16.8. The lowest BCUT2D eigenvalue weighted by Gasteiger charge is -2.39. The monoisotopic (exact) mass is 398 g/mol. The number of nitriles is 1. The van der Waals surface area contributed by atoms with Gasteiger partial charge in [-0.2, -0.15) is 15.3 Å². The summed E-state index contributed by atoms with van der Waals surface area (Å²) in [6, 6.07) is 6.04. The van der Waals surface area contributed by atoms with Crippen molar-refractivity contribution in [1.82, 2.24) is 25.1 Å². The fraction of sp³-hybridized carbons (Fsp3) is 0.312. The maximum atomic E-state index is 9.38. The zero-order chi connectivity index (χ0) is 17.4. The Labute approximate surface area is 152 Å². The van der Waals surface area contributed by atoms with E-state index in [-0.39, 0.29) is 0 Å². The number of halogens is 1. The molecular formula is C16H15BrN8. The van der Waals surface area contributed by atoms with E-state index in [1.165, 1.54) is 0 Å². The van der Waals surface area contributed by atoms with E-state index < -0.39 is 5.54 Å². The minimum Gasteiger partial charge on any atom is -0.341 e. The Hall–Kier alpha value is -2.57. The molecule has 1 aliphatic rings. The molecule has 0 aliphatic carbocycles. The van der Waals surface area contributed by atoms with Crippen molar-refractivity contribution < 1.29 is 0 Å². The van der Waals surface area contributed by atoms with E-state index in [9.17, 15) is 5.26 Å². The molecule has 126 valence electrons. The number of hydrogen-bond acceptors (Lipinski definition) is 7. The van der Waals surface area contributed by atoms with Crippen LogP contribution in [0.3, 0.4) is 0 Å². The third-order valence-electron chi connectivity index (χ3n) is 4.64. The van der Waals surface area contributed by atoms with Crippen molar-refractivity contribution in [2.75, 3.05) is 18.0 Å². The number of nitrogens with two attached hydrogens (primary N) is 1. The van der Waals surface area contributed by atoms with Gasteiger partial charge in [0.05, 0.1) is 5.39 Å². The van der Waals surface area contributed by atoms with Gasteiger partial charge in [0.1, 0.15) is 10.7 Å². The molecule has 1 aliphatic heterocycles. The fourth-order valence-corrected chi connectivity index (χ4v) is 3.62. The van der Waals surface area contributed by atoms with Crippen LogP contribution < -0.4 is 10.6 Å². The van der Waals surface area contributed by atoms with Gasteiger partial charge in [0.15, 0.2) is 11.3 Å². The summed E-state index contributed by atoms with van der Waals surface area (Å²) in [5.41, 5.74) is 8.08. The predicted molar refractivity (Wildman–Crippen MR) is 95.6 cm³/mol. The Morgan fingerprint density at radius 1 is 1.32 bits per heavy atom. The first kappa shape index (κ1) is 15.9. The van der Waals surface area contributed by atoms with Crippen LogP contribution in [-0.4, -0.2) is 38.2 Å². The lowest BCUT2D eigenvalue weighted by atomic mass is 9.83. The summed E-state index contributed by atoms with van der Waals surface area (Å²) >= 11 is 3.31. The third kappa shape index (κ3) is 2.73. The second-order valence-electron chi connectivity index (χ2n) is 6.11. The van der Waals surface area contributed by atoms with Crippen molar-refractivity contribution in [2.45, 2.75) is 18.4 Å². The largest absolute Gasteiger partial charge is 0.341 e. The molecule has 0 atom stereocenters. The predicted octanol–water partition coefficient (Wildman–Crippen LogP) is 1.84. The lowest BCUT2D eigenvalue weighted by Crippen LogP contribution is -2.48. The number of aromatic nitrogens is 5. The molecule has 0 unspecified atom stereocenters. The first-order valence-corrected chi connectivity index (χ1v) is 8.66. The SMILES string of the molecule is N#Cc1nc(N2CCC(N)(c3cccnc3)CC2)nc2[nH]nc(Br)c12. The van der Waals surface area contributed by atoms with Crippen LogP contribution in [0.4, 0.5) is 5.95 Å². The summed E-state index contributed by atoms with van der Waals surface area (Å²) in [6.45, 7) is 1.41. The summed E-state index contributed by atoms with van der Waals surface area (Å²) in [5.74, 6) is 0.522. The zero-order valence-electron chi connectivity index (χ0n) is 13.3. The number of hydrogen-bond donors (Lipinski definition) is 2. The Morgan fingerprint density at radius 3 is 2.80 bits per heavy atom.